The highest BCUT2D eigenvalue weighted by atomic mass is 16.2. The van der Waals surface area contributed by atoms with E-state index >= 15 is 0 Å². The molecule has 4 saturated carbocycles. The quantitative estimate of drug-likeness (QED) is 0.768. The van der Waals surface area contributed by atoms with Crippen LogP contribution in [0.5, 0.6) is 0 Å². The topological polar surface area (TPSA) is 44.1 Å². The maximum absolute atomic E-state index is 12.2. The van der Waals surface area contributed by atoms with Gasteiger partial charge in [0.05, 0.1) is 6.07 Å². The number of hydrogen-bond acceptors (Lipinski definition) is 2. The first kappa shape index (κ1) is 12.0. The third kappa shape index (κ3) is 1.74. The first-order chi connectivity index (χ1) is 8.66. The van der Waals surface area contributed by atoms with Gasteiger partial charge in [-0.2, -0.15) is 5.26 Å². The van der Waals surface area contributed by atoms with Crippen molar-refractivity contribution in [3.8, 4) is 6.07 Å². The lowest BCUT2D eigenvalue weighted by atomic mass is 9.52. The van der Waals surface area contributed by atoms with E-state index in [1.165, 1.54) is 38.5 Å². The summed E-state index contributed by atoms with van der Waals surface area (Å²) in [6.07, 6.45) is 7.82. The Kier molecular flexibility index (Phi) is 2.84. The Morgan fingerprint density at radius 3 is 2.11 bits per heavy atom. The Labute approximate surface area is 109 Å². The van der Waals surface area contributed by atoms with Crippen LogP contribution in [0.4, 0.5) is 0 Å². The number of rotatable bonds is 3. The summed E-state index contributed by atoms with van der Waals surface area (Å²) < 4.78 is 0. The van der Waals surface area contributed by atoms with Gasteiger partial charge in [0.2, 0.25) is 5.91 Å². The molecular formula is C15H22N2O. The highest BCUT2D eigenvalue weighted by Crippen LogP contribution is 2.57. The van der Waals surface area contributed by atoms with E-state index in [9.17, 15) is 4.79 Å². The van der Waals surface area contributed by atoms with Crippen LogP contribution in [-0.4, -0.2) is 22.9 Å². The first-order valence-electron chi connectivity index (χ1n) is 7.34. The SMILES string of the molecule is CCN(C(=O)CC#N)C12CC3CC(CC(C3)C1)C2. The minimum Gasteiger partial charge on any atom is -0.336 e. The molecule has 0 aromatic carbocycles. The molecule has 0 unspecified atom stereocenters. The summed E-state index contributed by atoms with van der Waals surface area (Å²) in [5, 5.41) is 8.77. The van der Waals surface area contributed by atoms with Gasteiger partial charge in [-0.25, -0.2) is 0 Å². The van der Waals surface area contributed by atoms with Gasteiger partial charge in [0.15, 0.2) is 0 Å². The number of amides is 1. The van der Waals surface area contributed by atoms with Crippen molar-refractivity contribution in [2.24, 2.45) is 17.8 Å². The van der Waals surface area contributed by atoms with E-state index in [-0.39, 0.29) is 17.9 Å². The van der Waals surface area contributed by atoms with Crippen LogP contribution in [0.15, 0.2) is 0 Å². The summed E-state index contributed by atoms with van der Waals surface area (Å²) >= 11 is 0. The summed E-state index contributed by atoms with van der Waals surface area (Å²) in [6, 6.07) is 2.02. The number of nitriles is 1. The monoisotopic (exact) mass is 246 g/mol. The molecule has 0 aromatic heterocycles. The fraction of sp³-hybridized carbons (Fsp3) is 0.867. The molecule has 4 aliphatic rings. The molecule has 3 nitrogen and oxygen atoms in total. The molecule has 4 rings (SSSR count). The fourth-order valence-electron chi connectivity index (χ4n) is 5.33. The molecule has 3 heteroatoms. The van der Waals surface area contributed by atoms with E-state index < -0.39 is 0 Å². The smallest absolute Gasteiger partial charge is 0.237 e. The minimum absolute atomic E-state index is 0.0512. The highest BCUT2D eigenvalue weighted by molar-refractivity contribution is 5.79. The maximum atomic E-state index is 12.2. The molecule has 4 bridgehead atoms. The van der Waals surface area contributed by atoms with Crippen LogP contribution < -0.4 is 0 Å². The van der Waals surface area contributed by atoms with E-state index in [0.717, 1.165) is 24.3 Å². The van der Waals surface area contributed by atoms with Gasteiger partial charge in [-0.1, -0.05) is 0 Å². The van der Waals surface area contributed by atoms with Crippen molar-refractivity contribution in [1.82, 2.24) is 4.90 Å². The molecule has 0 saturated heterocycles. The van der Waals surface area contributed by atoms with Gasteiger partial charge in [-0.15, -0.1) is 0 Å². The first-order valence-corrected chi connectivity index (χ1v) is 7.34. The third-order valence-electron chi connectivity index (χ3n) is 5.43. The molecule has 0 aromatic rings. The molecule has 0 atom stereocenters. The van der Waals surface area contributed by atoms with Crippen LogP contribution in [-0.2, 0) is 4.79 Å². The zero-order valence-electron chi connectivity index (χ0n) is 11.2. The average Bonchev–Trinajstić information content (AvgIpc) is 2.27. The lowest BCUT2D eigenvalue weighted by Crippen LogP contribution is -2.61. The van der Waals surface area contributed by atoms with Crippen molar-refractivity contribution in [2.45, 2.75) is 57.4 Å². The molecule has 0 N–H and O–H groups in total. The second kappa shape index (κ2) is 4.26. The molecule has 4 aliphatic carbocycles. The van der Waals surface area contributed by atoms with Crippen molar-refractivity contribution in [3.05, 3.63) is 0 Å². The van der Waals surface area contributed by atoms with Crippen molar-refractivity contribution >= 4 is 5.91 Å². The van der Waals surface area contributed by atoms with Gasteiger partial charge in [-0.05, 0) is 63.2 Å². The molecule has 0 heterocycles. The Bertz CT molecular complexity index is 361. The zero-order chi connectivity index (χ0) is 12.8. The Hall–Kier alpha value is -1.04. The van der Waals surface area contributed by atoms with Gasteiger partial charge in [-0.3, -0.25) is 4.79 Å². The van der Waals surface area contributed by atoms with Gasteiger partial charge in [0.25, 0.3) is 0 Å². The largest absolute Gasteiger partial charge is 0.336 e. The average molecular weight is 246 g/mol. The maximum Gasteiger partial charge on any atom is 0.237 e. The van der Waals surface area contributed by atoms with Gasteiger partial charge < -0.3 is 4.90 Å². The molecule has 0 aliphatic heterocycles. The lowest BCUT2D eigenvalue weighted by molar-refractivity contribution is -0.149. The molecule has 18 heavy (non-hydrogen) atoms. The summed E-state index contributed by atoms with van der Waals surface area (Å²) in [7, 11) is 0. The van der Waals surface area contributed by atoms with E-state index in [2.05, 4.69) is 11.8 Å². The normalized spacial score (nSPS) is 40.6. The second-order valence-electron chi connectivity index (χ2n) is 6.61. The Morgan fingerprint density at radius 2 is 1.72 bits per heavy atom. The predicted octanol–water partition coefficient (Wildman–Crippen LogP) is 2.72. The van der Waals surface area contributed by atoms with Crippen molar-refractivity contribution < 1.29 is 4.79 Å². The van der Waals surface area contributed by atoms with Crippen molar-refractivity contribution in [3.63, 3.8) is 0 Å². The standard InChI is InChI=1S/C15H22N2O/c1-2-17(14(18)3-4-16)15-8-11-5-12(9-15)7-13(6-11)10-15/h11-13H,2-3,5-10H2,1H3. The van der Waals surface area contributed by atoms with Crippen LogP contribution in [0, 0.1) is 29.1 Å². The van der Waals surface area contributed by atoms with Gasteiger partial charge in [0, 0.05) is 12.1 Å². The zero-order valence-corrected chi connectivity index (χ0v) is 11.2. The molecular weight excluding hydrogens is 224 g/mol. The van der Waals surface area contributed by atoms with Crippen LogP contribution in [0.3, 0.4) is 0 Å². The van der Waals surface area contributed by atoms with E-state index in [1.54, 1.807) is 0 Å². The van der Waals surface area contributed by atoms with Crippen LogP contribution >= 0.6 is 0 Å². The third-order valence-corrected chi connectivity index (χ3v) is 5.43. The second-order valence-corrected chi connectivity index (χ2v) is 6.61. The summed E-state index contributed by atoms with van der Waals surface area (Å²) in [5.74, 6) is 2.60. The predicted molar refractivity (Wildman–Crippen MR) is 68.5 cm³/mol. The molecule has 4 fully saturated rings. The van der Waals surface area contributed by atoms with Crippen molar-refractivity contribution in [2.75, 3.05) is 6.54 Å². The van der Waals surface area contributed by atoms with Crippen LogP contribution in [0.1, 0.15) is 51.9 Å². The Morgan fingerprint density at radius 1 is 1.22 bits per heavy atom. The molecule has 0 radical (unpaired) electrons. The summed E-state index contributed by atoms with van der Waals surface area (Å²) in [4.78, 5) is 14.2. The number of hydrogen-bond donors (Lipinski definition) is 0. The highest BCUT2D eigenvalue weighted by Gasteiger charge is 2.54. The van der Waals surface area contributed by atoms with Gasteiger partial charge in [0.1, 0.15) is 6.42 Å². The van der Waals surface area contributed by atoms with Crippen LogP contribution in [0.25, 0.3) is 0 Å². The van der Waals surface area contributed by atoms with Crippen LogP contribution in [0.2, 0.25) is 0 Å². The van der Waals surface area contributed by atoms with E-state index in [0.29, 0.717) is 0 Å². The minimum atomic E-state index is 0.0512. The number of nitrogens with zero attached hydrogens (tertiary/aromatic N) is 2. The Balaban J connectivity index is 1.85. The number of carbonyl (C=O) groups excluding carboxylic acids is 1. The van der Waals surface area contributed by atoms with E-state index in [4.69, 9.17) is 5.26 Å². The lowest BCUT2D eigenvalue weighted by Gasteiger charge is -2.60. The summed E-state index contributed by atoms with van der Waals surface area (Å²) in [5.41, 5.74) is 0.122. The molecule has 98 valence electrons. The molecule has 0 spiro atoms. The van der Waals surface area contributed by atoms with Crippen molar-refractivity contribution in [1.29, 1.82) is 5.26 Å². The number of carbonyl (C=O) groups is 1. The van der Waals surface area contributed by atoms with Gasteiger partial charge >= 0.3 is 0 Å². The summed E-state index contributed by atoms with van der Waals surface area (Å²) in [6.45, 7) is 2.83. The van der Waals surface area contributed by atoms with E-state index in [1.807, 2.05) is 6.07 Å². The molecule has 1 amide bonds. The fourth-order valence-corrected chi connectivity index (χ4v) is 5.33.